The molecule has 0 atom stereocenters. The first-order valence-corrected chi connectivity index (χ1v) is 4.27. The van der Waals surface area contributed by atoms with Gasteiger partial charge in [0.1, 0.15) is 12.4 Å². The van der Waals surface area contributed by atoms with E-state index in [1.807, 2.05) is 0 Å². The van der Waals surface area contributed by atoms with Gasteiger partial charge in [0, 0.05) is 0 Å². The number of furan rings is 2. The van der Waals surface area contributed by atoms with Gasteiger partial charge in [0.15, 0.2) is 5.76 Å². The highest BCUT2D eigenvalue weighted by molar-refractivity contribution is 4.98. The fourth-order valence-corrected chi connectivity index (χ4v) is 0.841. The summed E-state index contributed by atoms with van der Waals surface area (Å²) in [4.78, 5) is 0. The zero-order valence-electron chi connectivity index (χ0n) is 7.91. The molecule has 2 aromatic heterocycles. The van der Waals surface area contributed by atoms with E-state index < -0.39 is 6.29 Å². The summed E-state index contributed by atoms with van der Waals surface area (Å²) in [5.41, 5.74) is 0. The number of aliphatic hydroxyl groups is 3. The second-order valence-electron chi connectivity index (χ2n) is 2.63. The first-order chi connectivity index (χ1) is 7.24. The van der Waals surface area contributed by atoms with Crippen LogP contribution in [0.25, 0.3) is 0 Å². The maximum Gasteiger partial charge on any atom is 0.212 e. The second-order valence-corrected chi connectivity index (χ2v) is 2.63. The molecule has 0 bridgehead atoms. The molecule has 5 nitrogen and oxygen atoms in total. The molecule has 0 saturated heterocycles. The largest absolute Gasteiger partial charge is 0.467 e. The van der Waals surface area contributed by atoms with Crippen molar-refractivity contribution in [2.24, 2.45) is 0 Å². The van der Waals surface area contributed by atoms with E-state index >= 15 is 0 Å². The van der Waals surface area contributed by atoms with Crippen LogP contribution >= 0.6 is 0 Å². The fraction of sp³-hybridized carbons (Fsp3) is 0.200. The Morgan fingerprint density at radius 3 is 2.00 bits per heavy atom. The van der Waals surface area contributed by atoms with Gasteiger partial charge < -0.3 is 24.2 Å². The van der Waals surface area contributed by atoms with Crippen LogP contribution in [0.5, 0.6) is 0 Å². The Balaban J connectivity index is 0.000000151. The van der Waals surface area contributed by atoms with Gasteiger partial charge in [-0.25, -0.2) is 0 Å². The topological polar surface area (TPSA) is 87.0 Å². The van der Waals surface area contributed by atoms with E-state index in [4.69, 9.17) is 19.7 Å². The highest BCUT2D eigenvalue weighted by Crippen LogP contribution is 2.07. The second kappa shape index (κ2) is 6.02. The van der Waals surface area contributed by atoms with E-state index in [0.717, 1.165) is 0 Å². The molecule has 0 radical (unpaired) electrons. The summed E-state index contributed by atoms with van der Waals surface area (Å²) in [7, 11) is 0. The average Bonchev–Trinajstić information content (AvgIpc) is 2.92. The molecule has 15 heavy (non-hydrogen) atoms. The number of hydrogen-bond donors (Lipinski definition) is 3. The quantitative estimate of drug-likeness (QED) is 0.647. The summed E-state index contributed by atoms with van der Waals surface area (Å²) < 4.78 is 9.33. The van der Waals surface area contributed by atoms with Gasteiger partial charge in [-0.1, -0.05) is 0 Å². The summed E-state index contributed by atoms with van der Waals surface area (Å²) in [6, 6.07) is 6.55. The van der Waals surface area contributed by atoms with Crippen LogP contribution in [0.2, 0.25) is 0 Å². The molecular formula is C10H12O5. The summed E-state index contributed by atoms with van der Waals surface area (Å²) in [6.07, 6.45) is 1.44. The third-order valence-electron chi connectivity index (χ3n) is 1.53. The molecule has 0 saturated carbocycles. The predicted molar refractivity (Wildman–Crippen MR) is 50.5 cm³/mol. The molecule has 0 fully saturated rings. The van der Waals surface area contributed by atoms with Gasteiger partial charge in [-0.05, 0) is 24.3 Å². The minimum atomic E-state index is -1.48. The number of rotatable bonds is 2. The Kier molecular flexibility index (Phi) is 4.62. The first kappa shape index (κ1) is 11.5. The van der Waals surface area contributed by atoms with Crippen molar-refractivity contribution in [3.05, 3.63) is 48.3 Å². The SMILES string of the molecule is OC(O)c1ccco1.OCc1ccco1. The molecular weight excluding hydrogens is 200 g/mol. The molecule has 0 spiro atoms. The fourth-order valence-electron chi connectivity index (χ4n) is 0.841. The average molecular weight is 212 g/mol. The maximum absolute atomic E-state index is 8.37. The van der Waals surface area contributed by atoms with Crippen molar-refractivity contribution in [1.29, 1.82) is 0 Å². The third kappa shape index (κ3) is 3.99. The van der Waals surface area contributed by atoms with E-state index in [9.17, 15) is 0 Å². The highest BCUT2D eigenvalue weighted by atomic mass is 16.5. The van der Waals surface area contributed by atoms with E-state index in [1.54, 1.807) is 18.2 Å². The molecule has 0 unspecified atom stereocenters. The van der Waals surface area contributed by atoms with Crippen LogP contribution < -0.4 is 0 Å². The molecule has 0 aromatic carbocycles. The molecule has 3 N–H and O–H groups in total. The number of aliphatic hydroxyl groups excluding tert-OH is 2. The molecule has 2 rings (SSSR count). The molecule has 5 heteroatoms. The standard InChI is InChI=1S/C5H6O3.C5H6O2/c6-5(7)4-2-1-3-8-4;6-4-5-2-1-3-7-5/h1-3,5-7H;1-3,6H,4H2. The van der Waals surface area contributed by atoms with Crippen LogP contribution in [-0.2, 0) is 6.61 Å². The zero-order chi connectivity index (χ0) is 11.1. The van der Waals surface area contributed by atoms with Gasteiger partial charge >= 0.3 is 0 Å². The number of hydrogen-bond acceptors (Lipinski definition) is 5. The van der Waals surface area contributed by atoms with E-state index in [-0.39, 0.29) is 12.4 Å². The van der Waals surface area contributed by atoms with Crippen LogP contribution in [0.3, 0.4) is 0 Å². The highest BCUT2D eigenvalue weighted by Gasteiger charge is 2.01. The van der Waals surface area contributed by atoms with Gasteiger partial charge in [-0.15, -0.1) is 0 Å². The van der Waals surface area contributed by atoms with Crippen molar-refractivity contribution in [3.8, 4) is 0 Å². The van der Waals surface area contributed by atoms with E-state index in [1.165, 1.54) is 18.6 Å². The van der Waals surface area contributed by atoms with Gasteiger partial charge in [0.05, 0.1) is 12.5 Å². The lowest BCUT2D eigenvalue weighted by Crippen LogP contribution is -1.89. The summed E-state index contributed by atoms with van der Waals surface area (Å²) in [5, 5.41) is 25.1. The molecule has 0 aliphatic carbocycles. The van der Waals surface area contributed by atoms with E-state index in [2.05, 4.69) is 4.42 Å². The lowest BCUT2D eigenvalue weighted by Gasteiger charge is -1.93. The minimum Gasteiger partial charge on any atom is -0.467 e. The Morgan fingerprint density at radius 1 is 1.07 bits per heavy atom. The molecule has 2 aromatic rings. The van der Waals surface area contributed by atoms with Gasteiger partial charge in [-0.3, -0.25) is 0 Å². The lowest BCUT2D eigenvalue weighted by molar-refractivity contribution is -0.0580. The van der Waals surface area contributed by atoms with Gasteiger partial charge in [0.2, 0.25) is 6.29 Å². The van der Waals surface area contributed by atoms with Crippen LogP contribution in [0.15, 0.2) is 45.6 Å². The van der Waals surface area contributed by atoms with E-state index in [0.29, 0.717) is 5.76 Å². The Bertz CT molecular complexity index is 336. The van der Waals surface area contributed by atoms with Crippen molar-refractivity contribution in [3.63, 3.8) is 0 Å². The molecule has 0 aliphatic heterocycles. The Morgan fingerprint density at radius 2 is 1.73 bits per heavy atom. The molecule has 0 aliphatic rings. The normalized spacial score (nSPS) is 9.87. The van der Waals surface area contributed by atoms with Crippen LogP contribution in [0.4, 0.5) is 0 Å². The monoisotopic (exact) mass is 212 g/mol. The molecule has 0 amide bonds. The first-order valence-electron chi connectivity index (χ1n) is 4.27. The zero-order valence-corrected chi connectivity index (χ0v) is 7.91. The van der Waals surface area contributed by atoms with Crippen molar-refractivity contribution < 1.29 is 24.2 Å². The van der Waals surface area contributed by atoms with Crippen molar-refractivity contribution >= 4 is 0 Å². The maximum atomic E-state index is 8.37. The van der Waals surface area contributed by atoms with Crippen LogP contribution in [0, 0.1) is 0 Å². The lowest BCUT2D eigenvalue weighted by atomic mass is 10.4. The Hall–Kier alpha value is -1.56. The smallest absolute Gasteiger partial charge is 0.212 e. The minimum absolute atomic E-state index is 0.00694. The predicted octanol–water partition coefficient (Wildman–Crippen LogP) is 1.03. The Labute approximate surface area is 86.2 Å². The van der Waals surface area contributed by atoms with Crippen LogP contribution in [0.1, 0.15) is 17.8 Å². The van der Waals surface area contributed by atoms with Gasteiger partial charge in [0.25, 0.3) is 0 Å². The van der Waals surface area contributed by atoms with Crippen molar-refractivity contribution in [2.75, 3.05) is 0 Å². The van der Waals surface area contributed by atoms with Gasteiger partial charge in [-0.2, -0.15) is 0 Å². The molecule has 2 heterocycles. The van der Waals surface area contributed by atoms with Crippen molar-refractivity contribution in [2.45, 2.75) is 12.9 Å². The summed E-state index contributed by atoms with van der Waals surface area (Å²) in [6.45, 7) is -0.00694. The summed E-state index contributed by atoms with van der Waals surface area (Å²) in [5.74, 6) is 0.782. The van der Waals surface area contributed by atoms with Crippen LogP contribution in [-0.4, -0.2) is 15.3 Å². The van der Waals surface area contributed by atoms with Crippen molar-refractivity contribution in [1.82, 2.24) is 0 Å². The molecule has 82 valence electrons. The third-order valence-corrected chi connectivity index (χ3v) is 1.53. The summed E-state index contributed by atoms with van der Waals surface area (Å²) >= 11 is 0.